The van der Waals surface area contributed by atoms with Gasteiger partial charge in [-0.05, 0) is 56.8 Å². The van der Waals surface area contributed by atoms with E-state index in [2.05, 4.69) is 36.7 Å². The minimum atomic E-state index is -1.42. The van der Waals surface area contributed by atoms with E-state index in [1.54, 1.807) is 27.7 Å². The van der Waals surface area contributed by atoms with Crippen molar-refractivity contribution in [2.24, 2.45) is 40.6 Å². The summed E-state index contributed by atoms with van der Waals surface area (Å²) < 4.78 is 5.80. The van der Waals surface area contributed by atoms with Gasteiger partial charge in [0.2, 0.25) is 29.5 Å². The fourth-order valence-corrected chi connectivity index (χ4v) is 5.55. The van der Waals surface area contributed by atoms with Crippen molar-refractivity contribution in [2.45, 2.75) is 145 Å². The van der Waals surface area contributed by atoms with Gasteiger partial charge in [-0.3, -0.25) is 28.8 Å². The maximum absolute atomic E-state index is 14.2. The van der Waals surface area contributed by atoms with Crippen molar-refractivity contribution in [1.82, 2.24) is 20.9 Å². The van der Waals surface area contributed by atoms with Crippen LogP contribution in [0.15, 0.2) is 0 Å². The Labute approximate surface area is 299 Å². The van der Waals surface area contributed by atoms with Crippen LogP contribution in [0.1, 0.15) is 115 Å². The fourth-order valence-electron chi connectivity index (χ4n) is 5.55. The predicted octanol–water partition coefficient (Wildman–Crippen LogP) is 2.00. The quantitative estimate of drug-likeness (QED) is 0.0712. The number of likely N-dealkylation sites (N-methyl/N-ethyl adjacent to an activating group) is 1. The number of primary amides is 1. The summed E-state index contributed by atoms with van der Waals surface area (Å²) in [4.78, 5) is 80.0. The van der Waals surface area contributed by atoms with Crippen molar-refractivity contribution in [3.05, 3.63) is 0 Å². The monoisotopic (exact) mass is 713 g/mol. The van der Waals surface area contributed by atoms with Crippen LogP contribution < -0.4 is 27.4 Å². The molecule has 0 aromatic carbocycles. The predicted molar refractivity (Wildman–Crippen MR) is 193 cm³/mol. The lowest BCUT2D eigenvalue weighted by Gasteiger charge is -2.42. The molecule has 0 aromatic rings. The van der Waals surface area contributed by atoms with Crippen molar-refractivity contribution in [1.29, 1.82) is 0 Å². The number of aliphatic hydroxyl groups excluding tert-OH is 1. The lowest BCUT2D eigenvalue weighted by Crippen LogP contribution is -2.64. The molecule has 0 aliphatic rings. The highest BCUT2D eigenvalue weighted by molar-refractivity contribution is 5.96. The van der Waals surface area contributed by atoms with Crippen LogP contribution in [0, 0.1) is 29.1 Å². The van der Waals surface area contributed by atoms with Gasteiger partial charge in [0.05, 0.1) is 17.9 Å². The first kappa shape index (κ1) is 46.7. The molecule has 0 aliphatic carbocycles. The van der Waals surface area contributed by atoms with Gasteiger partial charge in [-0.15, -0.1) is 0 Å². The van der Waals surface area contributed by atoms with Crippen LogP contribution in [0.3, 0.4) is 0 Å². The number of carbonyl (C=O) groups excluding carboxylic acids is 6. The topological polar surface area (TPSA) is 223 Å². The van der Waals surface area contributed by atoms with E-state index in [9.17, 15) is 33.9 Å². The van der Waals surface area contributed by atoms with E-state index >= 15 is 0 Å². The van der Waals surface area contributed by atoms with Crippen LogP contribution in [0.5, 0.6) is 0 Å². The third-order valence-corrected chi connectivity index (χ3v) is 9.48. The summed E-state index contributed by atoms with van der Waals surface area (Å²) in [6.45, 7) is 19.5. The molecule has 0 rings (SSSR count). The molecular formula is C36H68N6O8. The first-order valence-corrected chi connectivity index (χ1v) is 18.0. The summed E-state index contributed by atoms with van der Waals surface area (Å²) in [7, 11) is 1.52. The van der Waals surface area contributed by atoms with Gasteiger partial charge in [-0.2, -0.15) is 0 Å². The maximum Gasteiger partial charge on any atom is 0.325 e. The van der Waals surface area contributed by atoms with E-state index in [0.29, 0.717) is 19.3 Å². The average molecular weight is 713 g/mol. The van der Waals surface area contributed by atoms with Gasteiger partial charge in [0.1, 0.15) is 30.3 Å². The number of carbonyl (C=O) groups is 6. The zero-order valence-electron chi connectivity index (χ0n) is 32.7. The summed E-state index contributed by atoms with van der Waals surface area (Å²) in [5, 5.41) is 17.6. The molecule has 14 nitrogen and oxygen atoms in total. The number of nitrogens with zero attached hydrogens (tertiary/aromatic N) is 1. The van der Waals surface area contributed by atoms with Crippen LogP contribution >= 0.6 is 0 Å². The number of nitrogens with one attached hydrogen (secondary N) is 3. The second-order valence-electron chi connectivity index (χ2n) is 15.7. The number of ether oxygens (including phenoxy) is 1. The van der Waals surface area contributed by atoms with Crippen LogP contribution in [0.2, 0.25) is 0 Å². The molecule has 0 spiro atoms. The van der Waals surface area contributed by atoms with Gasteiger partial charge >= 0.3 is 5.97 Å². The van der Waals surface area contributed by atoms with Crippen molar-refractivity contribution in [3.63, 3.8) is 0 Å². The van der Waals surface area contributed by atoms with Gasteiger partial charge < -0.3 is 42.2 Å². The number of nitrogens with two attached hydrogens (primary N) is 2. The second kappa shape index (κ2) is 21.2. The number of aliphatic hydroxyl groups is 1. The number of hydrogen-bond acceptors (Lipinski definition) is 9. The molecule has 8 atom stereocenters. The molecule has 290 valence electrons. The molecule has 8 N–H and O–H groups in total. The average Bonchev–Trinajstić information content (AvgIpc) is 3.02. The molecule has 0 radical (unpaired) electrons. The van der Waals surface area contributed by atoms with Crippen LogP contribution in [0.25, 0.3) is 0 Å². The standard InChI is InChI=1S/C36H68N6O8/c1-13-22(4)29(32(47)40-26(19-37)30(38)45)41-34(49)36(11,18-21(2)3)42(12)33(48)24(6)27(16-14-15-17-35(8,9)10)50-28(44)20-39-31(46)23(5)25(7)43/h21-27,29,43H,13-20,37H2,1-12H3,(H2,38,45)(H,39,46)(H,40,47)(H,41,49)/t22-,23+,24-,25+,26+,27-,29+,36?/m1/s1. The second-order valence-corrected chi connectivity index (χ2v) is 15.7. The highest BCUT2D eigenvalue weighted by Gasteiger charge is 2.45. The smallest absolute Gasteiger partial charge is 0.325 e. The number of rotatable bonds is 22. The third kappa shape index (κ3) is 15.3. The number of amides is 5. The Bertz CT molecular complexity index is 1140. The Morgan fingerprint density at radius 2 is 1.46 bits per heavy atom. The Balaban J connectivity index is 6.33. The van der Waals surface area contributed by atoms with Crippen molar-refractivity contribution in [3.8, 4) is 0 Å². The number of esters is 1. The first-order valence-electron chi connectivity index (χ1n) is 18.0. The summed E-state index contributed by atoms with van der Waals surface area (Å²) >= 11 is 0. The van der Waals surface area contributed by atoms with Crippen LogP contribution in [-0.2, 0) is 33.5 Å². The lowest BCUT2D eigenvalue weighted by atomic mass is 9.85. The summed E-state index contributed by atoms with van der Waals surface area (Å²) in [6.07, 6.45) is 1.83. The largest absolute Gasteiger partial charge is 0.460 e. The number of hydrogen-bond donors (Lipinski definition) is 6. The Morgan fingerprint density at radius 1 is 0.880 bits per heavy atom. The Morgan fingerprint density at radius 3 is 1.92 bits per heavy atom. The zero-order valence-corrected chi connectivity index (χ0v) is 32.7. The summed E-state index contributed by atoms with van der Waals surface area (Å²) in [6, 6.07) is -2.16. The van der Waals surface area contributed by atoms with Gasteiger partial charge in [0, 0.05) is 13.6 Å². The van der Waals surface area contributed by atoms with Gasteiger partial charge in [-0.1, -0.05) is 75.2 Å². The molecule has 0 aliphatic heterocycles. The Kier molecular flexibility index (Phi) is 19.8. The highest BCUT2D eigenvalue weighted by Crippen LogP contribution is 2.29. The van der Waals surface area contributed by atoms with Crippen molar-refractivity contribution >= 4 is 35.5 Å². The van der Waals surface area contributed by atoms with E-state index in [4.69, 9.17) is 16.2 Å². The minimum Gasteiger partial charge on any atom is -0.460 e. The van der Waals surface area contributed by atoms with Gasteiger partial charge in [-0.25, -0.2) is 0 Å². The van der Waals surface area contributed by atoms with Crippen molar-refractivity contribution < 1.29 is 38.6 Å². The van der Waals surface area contributed by atoms with Gasteiger partial charge in [0.15, 0.2) is 0 Å². The SMILES string of the molecule is CC[C@@H](C)[C@H](NC(=O)C(C)(CC(C)C)N(C)C(=O)[C@H](C)[C@@H](CCCCC(C)(C)C)OC(=O)CNC(=O)[C@@H](C)[C@H](C)O)C(=O)N[C@@H](CN)C(N)=O. The normalized spacial score (nSPS) is 17.2. The van der Waals surface area contributed by atoms with Crippen LogP contribution in [0.4, 0.5) is 0 Å². The van der Waals surface area contributed by atoms with E-state index in [0.717, 1.165) is 12.8 Å². The summed E-state index contributed by atoms with van der Waals surface area (Å²) in [5.74, 6) is -5.62. The fraction of sp³-hybridized carbons (Fsp3) is 0.833. The highest BCUT2D eigenvalue weighted by atomic mass is 16.5. The molecule has 1 unspecified atom stereocenters. The maximum atomic E-state index is 14.2. The third-order valence-electron chi connectivity index (χ3n) is 9.48. The van der Waals surface area contributed by atoms with E-state index in [-0.39, 0.29) is 30.2 Å². The molecular weight excluding hydrogens is 644 g/mol. The van der Waals surface area contributed by atoms with E-state index in [1.807, 2.05) is 20.8 Å². The lowest BCUT2D eigenvalue weighted by molar-refractivity contribution is -0.160. The molecule has 0 bridgehead atoms. The minimum absolute atomic E-state index is 0.0395. The molecule has 0 saturated carbocycles. The molecule has 50 heavy (non-hydrogen) atoms. The molecule has 0 heterocycles. The van der Waals surface area contributed by atoms with Crippen LogP contribution in [-0.4, -0.2) is 95.5 Å². The van der Waals surface area contributed by atoms with E-state index < -0.39 is 83.7 Å². The first-order chi connectivity index (χ1) is 22.9. The molecule has 0 saturated heterocycles. The van der Waals surface area contributed by atoms with E-state index in [1.165, 1.54) is 18.9 Å². The molecule has 5 amide bonds. The Hall–Kier alpha value is -3.26. The number of unbranched alkanes of at least 4 members (excludes halogenated alkanes) is 1. The summed E-state index contributed by atoms with van der Waals surface area (Å²) in [5.41, 5.74) is 9.66. The molecule has 0 fully saturated rings. The molecule has 14 heteroatoms. The zero-order chi connectivity index (χ0) is 39.1. The molecule has 0 aromatic heterocycles. The van der Waals surface area contributed by atoms with Gasteiger partial charge in [0.25, 0.3) is 0 Å². The van der Waals surface area contributed by atoms with Crippen molar-refractivity contribution in [2.75, 3.05) is 20.1 Å².